The van der Waals surface area contributed by atoms with Crippen LogP contribution in [0.25, 0.3) is 10.9 Å². The highest BCUT2D eigenvalue weighted by atomic mass is 16.5. The van der Waals surface area contributed by atoms with E-state index in [1.54, 1.807) is 7.11 Å². The highest BCUT2D eigenvalue weighted by Gasteiger charge is 2.37. The van der Waals surface area contributed by atoms with Gasteiger partial charge in [0.15, 0.2) is 12.1 Å². The number of amides is 1. The Balaban J connectivity index is 1.53. The van der Waals surface area contributed by atoms with Gasteiger partial charge in [0.2, 0.25) is 0 Å². The van der Waals surface area contributed by atoms with Crippen LogP contribution in [0.4, 0.5) is 5.69 Å². The molecule has 30 heavy (non-hydrogen) atoms. The number of nitrogens with two attached hydrogens (primary N) is 1. The first kappa shape index (κ1) is 18.5. The maximum absolute atomic E-state index is 13.1. The van der Waals surface area contributed by atoms with Gasteiger partial charge in [-0.1, -0.05) is 36.4 Å². The molecule has 0 unspecified atom stereocenters. The molecule has 5 heteroatoms. The first-order valence-electron chi connectivity index (χ1n) is 10.2. The van der Waals surface area contributed by atoms with E-state index >= 15 is 0 Å². The summed E-state index contributed by atoms with van der Waals surface area (Å²) >= 11 is 0. The van der Waals surface area contributed by atoms with E-state index in [9.17, 15) is 4.79 Å². The van der Waals surface area contributed by atoms with Crippen LogP contribution in [0, 0.1) is 0 Å². The average molecular weight is 398 g/mol. The molecule has 0 fully saturated rings. The molecular formula is C25H24N3O2+. The number of ether oxygens (including phenoxy) is 1. The summed E-state index contributed by atoms with van der Waals surface area (Å²) in [5.41, 5.74) is 5.47. The zero-order valence-corrected chi connectivity index (χ0v) is 16.8. The normalized spacial score (nSPS) is 18.0. The van der Waals surface area contributed by atoms with Gasteiger partial charge in [0.25, 0.3) is 5.91 Å². The Morgan fingerprint density at radius 3 is 2.50 bits per heavy atom. The van der Waals surface area contributed by atoms with Gasteiger partial charge in [0.1, 0.15) is 5.75 Å². The fourth-order valence-corrected chi connectivity index (χ4v) is 4.35. The average Bonchev–Trinajstić information content (AvgIpc) is 3.18. The van der Waals surface area contributed by atoms with Crippen molar-refractivity contribution in [2.45, 2.75) is 18.5 Å². The Morgan fingerprint density at radius 2 is 1.73 bits per heavy atom. The van der Waals surface area contributed by atoms with E-state index in [0.717, 1.165) is 22.5 Å². The molecule has 0 saturated heterocycles. The third-order valence-electron chi connectivity index (χ3n) is 5.86. The number of aromatic nitrogens is 1. The van der Waals surface area contributed by atoms with E-state index < -0.39 is 0 Å². The molecule has 2 atom stereocenters. The lowest BCUT2D eigenvalue weighted by atomic mass is 9.90. The lowest BCUT2D eigenvalue weighted by Crippen LogP contribution is -2.95. The van der Waals surface area contributed by atoms with E-state index in [-0.39, 0.29) is 18.0 Å². The molecule has 5 nitrogen and oxygen atoms in total. The van der Waals surface area contributed by atoms with Crippen molar-refractivity contribution in [2.24, 2.45) is 0 Å². The number of anilines is 1. The maximum Gasteiger partial charge on any atom is 0.282 e. The summed E-state index contributed by atoms with van der Waals surface area (Å²) in [7, 11) is 1.67. The second-order valence-electron chi connectivity index (χ2n) is 7.67. The Labute approximate surface area is 175 Å². The molecule has 150 valence electrons. The van der Waals surface area contributed by atoms with Crippen molar-refractivity contribution in [2.75, 3.05) is 12.4 Å². The molecule has 1 aromatic heterocycles. The van der Waals surface area contributed by atoms with Crippen LogP contribution in [0.3, 0.4) is 0 Å². The predicted octanol–water partition coefficient (Wildman–Crippen LogP) is 3.39. The van der Waals surface area contributed by atoms with E-state index in [1.165, 1.54) is 16.6 Å². The van der Waals surface area contributed by atoms with Crippen molar-refractivity contribution in [3.63, 3.8) is 0 Å². The van der Waals surface area contributed by atoms with Crippen LogP contribution < -0.4 is 15.4 Å². The molecule has 4 N–H and O–H groups in total. The lowest BCUT2D eigenvalue weighted by Gasteiger charge is -2.28. The number of quaternary nitrogens is 1. The predicted molar refractivity (Wildman–Crippen MR) is 118 cm³/mol. The van der Waals surface area contributed by atoms with Gasteiger partial charge < -0.3 is 20.4 Å². The third-order valence-corrected chi connectivity index (χ3v) is 5.86. The van der Waals surface area contributed by atoms with Gasteiger partial charge in [0, 0.05) is 28.6 Å². The van der Waals surface area contributed by atoms with Crippen molar-refractivity contribution in [3.8, 4) is 5.75 Å². The number of benzene rings is 3. The smallest absolute Gasteiger partial charge is 0.282 e. The van der Waals surface area contributed by atoms with E-state index in [2.05, 4.69) is 45.9 Å². The molecule has 0 saturated carbocycles. The first-order valence-corrected chi connectivity index (χ1v) is 10.2. The van der Waals surface area contributed by atoms with E-state index in [1.807, 2.05) is 48.5 Å². The number of rotatable bonds is 4. The Kier molecular flexibility index (Phi) is 4.73. The topological polar surface area (TPSA) is 70.7 Å². The van der Waals surface area contributed by atoms with E-state index in [4.69, 9.17) is 4.74 Å². The minimum absolute atomic E-state index is 0.0126. The van der Waals surface area contributed by atoms with Crippen LogP contribution in [0.15, 0.2) is 78.9 Å². The van der Waals surface area contributed by atoms with Gasteiger partial charge in [-0.2, -0.15) is 0 Å². The van der Waals surface area contributed by atoms with Crippen LogP contribution in [0.5, 0.6) is 5.75 Å². The third kappa shape index (κ3) is 3.33. The number of aromatic amines is 1. The fraction of sp³-hybridized carbons (Fsp3) is 0.160. The van der Waals surface area contributed by atoms with Crippen molar-refractivity contribution in [1.82, 2.24) is 4.98 Å². The number of nitrogens with one attached hydrogen (secondary N) is 2. The molecule has 0 aliphatic carbocycles. The molecule has 0 radical (unpaired) electrons. The number of fused-ring (bicyclic) bond motifs is 3. The Hall–Kier alpha value is -3.57. The second kappa shape index (κ2) is 7.69. The number of para-hydroxylation sites is 2. The van der Waals surface area contributed by atoms with Crippen molar-refractivity contribution < 1.29 is 14.8 Å². The summed E-state index contributed by atoms with van der Waals surface area (Å²) in [5, 5.41) is 6.43. The molecule has 1 amide bonds. The quantitative estimate of drug-likeness (QED) is 0.493. The Morgan fingerprint density at radius 1 is 1.00 bits per heavy atom. The fourth-order valence-electron chi connectivity index (χ4n) is 4.35. The van der Waals surface area contributed by atoms with Crippen LogP contribution in [-0.2, 0) is 11.2 Å². The first-order chi connectivity index (χ1) is 14.7. The largest absolute Gasteiger partial charge is 0.497 e. The molecule has 4 aromatic rings. The molecule has 3 aromatic carbocycles. The van der Waals surface area contributed by atoms with Crippen LogP contribution in [0.2, 0.25) is 0 Å². The van der Waals surface area contributed by atoms with E-state index in [0.29, 0.717) is 6.42 Å². The summed E-state index contributed by atoms with van der Waals surface area (Å²) in [5.74, 6) is 0.848. The van der Waals surface area contributed by atoms with Crippen molar-refractivity contribution >= 4 is 22.5 Å². The lowest BCUT2D eigenvalue weighted by molar-refractivity contribution is -0.711. The zero-order chi connectivity index (χ0) is 20.5. The van der Waals surface area contributed by atoms with Gasteiger partial charge in [-0.15, -0.1) is 0 Å². The molecule has 5 rings (SSSR count). The van der Waals surface area contributed by atoms with Gasteiger partial charge in [0.05, 0.1) is 12.8 Å². The zero-order valence-electron chi connectivity index (χ0n) is 16.8. The summed E-state index contributed by atoms with van der Waals surface area (Å²) in [6.45, 7) is 0. The summed E-state index contributed by atoms with van der Waals surface area (Å²) in [6.07, 6.45) is 0.685. The molecule has 0 bridgehead atoms. The summed E-state index contributed by atoms with van der Waals surface area (Å²) in [6, 6.07) is 25.8. The second-order valence-corrected chi connectivity index (χ2v) is 7.67. The van der Waals surface area contributed by atoms with Crippen LogP contribution >= 0.6 is 0 Å². The minimum Gasteiger partial charge on any atom is -0.497 e. The number of methoxy groups -OCH3 is 1. The number of hydrogen-bond acceptors (Lipinski definition) is 2. The number of hydrogen-bond donors (Lipinski definition) is 3. The highest BCUT2D eigenvalue weighted by Crippen LogP contribution is 2.32. The molecule has 0 spiro atoms. The summed E-state index contributed by atoms with van der Waals surface area (Å²) < 4.78 is 5.32. The van der Waals surface area contributed by atoms with Crippen molar-refractivity contribution in [3.05, 3.63) is 95.7 Å². The molecule has 1 aliphatic rings. The number of H-pyrrole nitrogens is 1. The van der Waals surface area contributed by atoms with Crippen LogP contribution in [-0.4, -0.2) is 24.0 Å². The monoisotopic (exact) mass is 398 g/mol. The van der Waals surface area contributed by atoms with Gasteiger partial charge in [-0.05, 0) is 48.0 Å². The van der Waals surface area contributed by atoms with Crippen LogP contribution in [0.1, 0.15) is 22.9 Å². The van der Waals surface area contributed by atoms with Gasteiger partial charge in [-0.25, -0.2) is 0 Å². The van der Waals surface area contributed by atoms with Gasteiger partial charge in [-0.3, -0.25) is 4.79 Å². The molecule has 2 heterocycles. The summed E-state index contributed by atoms with van der Waals surface area (Å²) in [4.78, 5) is 16.7. The number of carbonyl (C=O) groups is 1. The highest BCUT2D eigenvalue weighted by molar-refractivity contribution is 5.95. The minimum atomic E-state index is -0.219. The van der Waals surface area contributed by atoms with Crippen molar-refractivity contribution in [1.29, 1.82) is 0 Å². The molecular weight excluding hydrogens is 374 g/mol. The maximum atomic E-state index is 13.1. The number of carbonyl (C=O) groups excluding carboxylic acids is 1. The Bertz CT molecular complexity index is 1180. The SMILES string of the molecule is COc1ccc([C@H]2[NH2+][C@@H](C(=O)Nc3ccccc3)Cc3c2[nH]c2ccccc32)cc1. The van der Waals surface area contributed by atoms with Gasteiger partial charge >= 0.3 is 0 Å². The standard InChI is InChI=1S/C25H23N3O2/c1-30-18-13-11-16(12-14-18)23-24-20(19-9-5-6-10-21(19)27-24)15-22(28-23)25(29)26-17-7-3-2-4-8-17/h2-14,22-23,27-28H,15H2,1H3,(H,26,29)/p+1/t22-,23-/m1/s1. The molecule has 1 aliphatic heterocycles.